The summed E-state index contributed by atoms with van der Waals surface area (Å²) in [5, 5.41) is 2.69. The number of urea groups is 1. The quantitative estimate of drug-likeness (QED) is 0.738. The number of piperidine rings is 1. The van der Waals surface area contributed by atoms with Gasteiger partial charge in [-0.05, 0) is 18.9 Å². The lowest BCUT2D eigenvalue weighted by Crippen LogP contribution is -2.50. The molecule has 1 fully saturated rings. The van der Waals surface area contributed by atoms with Crippen LogP contribution < -0.4 is 5.32 Å². The monoisotopic (exact) mass is 235 g/mol. The molecule has 0 atom stereocenters. The Morgan fingerprint density at radius 1 is 1.47 bits per heavy atom. The summed E-state index contributed by atoms with van der Waals surface area (Å²) < 4.78 is 0. The van der Waals surface area contributed by atoms with Crippen molar-refractivity contribution < 1.29 is 9.59 Å². The van der Waals surface area contributed by atoms with Gasteiger partial charge in [0, 0.05) is 38.0 Å². The summed E-state index contributed by atoms with van der Waals surface area (Å²) >= 11 is 0. The number of hydrogen-bond acceptors (Lipinski definition) is 2. The third-order valence-electron chi connectivity index (χ3n) is 3.24. The minimum absolute atomic E-state index is 0.107. The van der Waals surface area contributed by atoms with Crippen molar-refractivity contribution in [1.29, 1.82) is 0 Å². The summed E-state index contributed by atoms with van der Waals surface area (Å²) in [6.07, 6.45) is 5.21. The third kappa shape index (κ3) is 2.49. The van der Waals surface area contributed by atoms with Crippen LogP contribution in [0.5, 0.6) is 0 Å². The molecule has 1 N–H and O–H groups in total. The van der Waals surface area contributed by atoms with E-state index in [4.69, 9.17) is 0 Å². The fourth-order valence-corrected chi connectivity index (χ4v) is 2.23. The fourth-order valence-electron chi connectivity index (χ4n) is 2.23. The van der Waals surface area contributed by atoms with E-state index >= 15 is 0 Å². The minimum atomic E-state index is -0.126. The topological polar surface area (TPSA) is 52.7 Å². The van der Waals surface area contributed by atoms with Crippen molar-refractivity contribution in [3.05, 3.63) is 24.6 Å². The molecule has 2 aliphatic rings. The van der Waals surface area contributed by atoms with Crippen LogP contribution >= 0.6 is 0 Å². The second-order valence-corrected chi connectivity index (χ2v) is 4.42. The molecule has 17 heavy (non-hydrogen) atoms. The van der Waals surface area contributed by atoms with Crippen LogP contribution in [0.15, 0.2) is 24.6 Å². The molecule has 0 spiro atoms. The summed E-state index contributed by atoms with van der Waals surface area (Å²) in [6, 6.07) is 0.0497. The highest BCUT2D eigenvalue weighted by molar-refractivity contribution is 5.79. The van der Waals surface area contributed by atoms with Gasteiger partial charge in [-0.15, -0.1) is 0 Å². The normalized spacial score (nSPS) is 21.7. The molecule has 0 bridgehead atoms. The molecule has 0 radical (unpaired) electrons. The van der Waals surface area contributed by atoms with Crippen LogP contribution in [0, 0.1) is 0 Å². The Hall–Kier alpha value is -1.78. The maximum absolute atomic E-state index is 11.7. The number of carbonyl (C=O) groups excluding carboxylic acids is 2. The molecule has 2 rings (SSSR count). The Morgan fingerprint density at radius 2 is 2.12 bits per heavy atom. The molecule has 0 unspecified atom stereocenters. The van der Waals surface area contributed by atoms with Crippen LogP contribution in [-0.2, 0) is 4.79 Å². The molecule has 0 saturated carbocycles. The number of hydrogen-bond donors (Lipinski definition) is 1. The van der Waals surface area contributed by atoms with E-state index in [2.05, 4.69) is 11.9 Å². The number of amides is 3. The average Bonchev–Trinajstić information content (AvgIpc) is 2.29. The zero-order valence-electron chi connectivity index (χ0n) is 9.98. The third-order valence-corrected chi connectivity index (χ3v) is 3.24. The van der Waals surface area contributed by atoms with Gasteiger partial charge in [-0.1, -0.05) is 6.58 Å². The first-order valence-corrected chi connectivity index (χ1v) is 5.80. The first kappa shape index (κ1) is 11.7. The van der Waals surface area contributed by atoms with Gasteiger partial charge in [-0.25, -0.2) is 4.79 Å². The smallest absolute Gasteiger partial charge is 0.326 e. The van der Waals surface area contributed by atoms with Gasteiger partial charge in [0.25, 0.3) is 0 Å². The maximum Gasteiger partial charge on any atom is 0.326 e. The molecule has 1 saturated heterocycles. The first-order valence-electron chi connectivity index (χ1n) is 5.80. The zero-order valence-corrected chi connectivity index (χ0v) is 9.98. The van der Waals surface area contributed by atoms with Crippen molar-refractivity contribution in [2.24, 2.45) is 0 Å². The molecule has 3 amide bonds. The summed E-state index contributed by atoms with van der Waals surface area (Å²) in [5.74, 6) is 0.107. The minimum Gasteiger partial charge on any atom is -0.343 e. The Kier molecular flexibility index (Phi) is 3.17. The second-order valence-electron chi connectivity index (χ2n) is 4.42. The number of carbonyl (C=O) groups is 2. The lowest BCUT2D eigenvalue weighted by atomic mass is 10.0. The van der Waals surface area contributed by atoms with Gasteiger partial charge in [0.2, 0.25) is 5.91 Å². The van der Waals surface area contributed by atoms with E-state index < -0.39 is 0 Å². The van der Waals surface area contributed by atoms with Gasteiger partial charge in [-0.3, -0.25) is 9.69 Å². The molecule has 0 aromatic heterocycles. The van der Waals surface area contributed by atoms with Crippen LogP contribution in [0.4, 0.5) is 4.79 Å². The number of likely N-dealkylation sites (tertiary alicyclic amines) is 1. The zero-order chi connectivity index (χ0) is 12.4. The lowest BCUT2D eigenvalue weighted by Gasteiger charge is -2.37. The van der Waals surface area contributed by atoms with Gasteiger partial charge in [0.1, 0.15) is 0 Å². The Labute approximate surface area is 101 Å². The molecular formula is C12H17N3O2. The molecular weight excluding hydrogens is 218 g/mol. The van der Waals surface area contributed by atoms with Crippen molar-refractivity contribution in [2.75, 3.05) is 13.1 Å². The summed E-state index contributed by atoms with van der Waals surface area (Å²) in [5.41, 5.74) is 0.618. The SMILES string of the molecule is C=C1C=CN(C2CCN(C(C)=O)CC2)C(=O)N1. The Bertz CT molecular complexity index is 381. The second kappa shape index (κ2) is 4.61. The Balaban J connectivity index is 1.97. The van der Waals surface area contributed by atoms with Crippen LogP contribution in [0.25, 0.3) is 0 Å². The van der Waals surface area contributed by atoms with Crippen molar-refractivity contribution in [2.45, 2.75) is 25.8 Å². The number of rotatable bonds is 1. The van der Waals surface area contributed by atoms with Crippen molar-refractivity contribution in [1.82, 2.24) is 15.1 Å². The summed E-state index contributed by atoms with van der Waals surface area (Å²) in [7, 11) is 0. The highest BCUT2D eigenvalue weighted by Gasteiger charge is 2.28. The summed E-state index contributed by atoms with van der Waals surface area (Å²) in [4.78, 5) is 26.5. The van der Waals surface area contributed by atoms with Crippen LogP contribution in [0.3, 0.4) is 0 Å². The highest BCUT2D eigenvalue weighted by atomic mass is 16.2. The number of nitrogens with one attached hydrogen (secondary N) is 1. The molecule has 0 aromatic carbocycles. The van der Waals surface area contributed by atoms with Crippen LogP contribution in [0.2, 0.25) is 0 Å². The van der Waals surface area contributed by atoms with E-state index in [1.807, 2.05) is 4.90 Å². The molecule has 2 heterocycles. The maximum atomic E-state index is 11.7. The van der Waals surface area contributed by atoms with E-state index in [-0.39, 0.29) is 18.0 Å². The van der Waals surface area contributed by atoms with Gasteiger partial charge in [-0.2, -0.15) is 0 Å². The molecule has 5 nitrogen and oxygen atoms in total. The van der Waals surface area contributed by atoms with Gasteiger partial charge >= 0.3 is 6.03 Å². The van der Waals surface area contributed by atoms with Crippen molar-refractivity contribution in [3.8, 4) is 0 Å². The first-order chi connectivity index (χ1) is 8.08. The number of allylic oxidation sites excluding steroid dienone is 1. The molecule has 0 aliphatic carbocycles. The highest BCUT2D eigenvalue weighted by Crippen LogP contribution is 2.19. The molecule has 5 heteroatoms. The van der Waals surface area contributed by atoms with Crippen LogP contribution in [-0.4, -0.2) is 40.9 Å². The van der Waals surface area contributed by atoms with E-state index in [1.165, 1.54) is 0 Å². The van der Waals surface area contributed by atoms with E-state index in [1.54, 1.807) is 24.1 Å². The molecule has 2 aliphatic heterocycles. The average molecular weight is 235 g/mol. The van der Waals surface area contributed by atoms with Crippen LogP contribution in [0.1, 0.15) is 19.8 Å². The lowest BCUT2D eigenvalue weighted by molar-refractivity contribution is -0.130. The van der Waals surface area contributed by atoms with Gasteiger partial charge in [0.05, 0.1) is 0 Å². The standard InChI is InChI=1S/C12H17N3O2/c1-9-3-8-15(12(17)13-9)11-4-6-14(7-5-11)10(2)16/h3,8,11H,1,4-7H2,2H3,(H,13,17). The molecule has 0 aromatic rings. The fraction of sp³-hybridized carbons (Fsp3) is 0.500. The van der Waals surface area contributed by atoms with E-state index in [0.717, 1.165) is 25.9 Å². The van der Waals surface area contributed by atoms with Gasteiger partial charge in [0.15, 0.2) is 0 Å². The van der Waals surface area contributed by atoms with E-state index in [9.17, 15) is 9.59 Å². The number of nitrogens with zero attached hydrogens (tertiary/aromatic N) is 2. The largest absolute Gasteiger partial charge is 0.343 e. The summed E-state index contributed by atoms with van der Waals surface area (Å²) in [6.45, 7) is 6.70. The van der Waals surface area contributed by atoms with Gasteiger partial charge < -0.3 is 10.2 Å². The van der Waals surface area contributed by atoms with E-state index in [0.29, 0.717) is 5.70 Å². The van der Waals surface area contributed by atoms with Crippen molar-refractivity contribution in [3.63, 3.8) is 0 Å². The predicted octanol–water partition coefficient (Wildman–Crippen LogP) is 1.05. The molecule has 92 valence electrons. The Morgan fingerprint density at radius 3 is 2.65 bits per heavy atom. The predicted molar refractivity (Wildman–Crippen MR) is 63.9 cm³/mol. The van der Waals surface area contributed by atoms with Crippen molar-refractivity contribution >= 4 is 11.9 Å².